The molecule has 2 aromatic carbocycles. The number of aromatic nitrogens is 2. The third-order valence-electron chi connectivity index (χ3n) is 5.03. The van der Waals surface area contributed by atoms with E-state index < -0.39 is 0 Å². The van der Waals surface area contributed by atoms with Gasteiger partial charge in [-0.25, -0.2) is 9.07 Å². The van der Waals surface area contributed by atoms with Crippen LogP contribution >= 0.6 is 0 Å². The number of benzene rings is 2. The number of ether oxygens (including phenoxy) is 2. The average molecular weight is 365 g/mol. The molecule has 0 unspecified atom stereocenters. The molecule has 0 atom stereocenters. The summed E-state index contributed by atoms with van der Waals surface area (Å²) in [5, 5.41) is 8.29. The van der Waals surface area contributed by atoms with Gasteiger partial charge in [-0.2, -0.15) is 5.10 Å². The van der Waals surface area contributed by atoms with Crippen molar-refractivity contribution in [2.75, 3.05) is 25.1 Å². The molecule has 1 aromatic heterocycles. The highest BCUT2D eigenvalue weighted by molar-refractivity contribution is 5.72. The highest BCUT2D eigenvalue weighted by Crippen LogP contribution is 2.37. The van der Waals surface area contributed by atoms with Gasteiger partial charge in [-0.1, -0.05) is 12.1 Å². The van der Waals surface area contributed by atoms with Crippen LogP contribution in [0, 0.1) is 5.82 Å². The van der Waals surface area contributed by atoms with Gasteiger partial charge in [0, 0.05) is 23.7 Å². The molecule has 0 amide bonds. The Kier molecular flexibility index (Phi) is 3.96. The Morgan fingerprint density at radius 2 is 1.85 bits per heavy atom. The molecule has 138 valence electrons. The number of halogens is 1. The van der Waals surface area contributed by atoms with Gasteiger partial charge in [0.15, 0.2) is 11.5 Å². The molecule has 2 aliphatic heterocycles. The lowest BCUT2D eigenvalue weighted by atomic mass is 10.0. The zero-order valence-corrected chi connectivity index (χ0v) is 14.9. The maximum atomic E-state index is 14.5. The summed E-state index contributed by atoms with van der Waals surface area (Å²) in [7, 11) is 0. The second-order valence-corrected chi connectivity index (χ2v) is 6.78. The van der Waals surface area contributed by atoms with Gasteiger partial charge in [0.05, 0.1) is 5.69 Å². The molecule has 0 fully saturated rings. The zero-order chi connectivity index (χ0) is 18.2. The molecule has 0 bridgehead atoms. The maximum Gasteiger partial charge on any atom is 0.163 e. The largest absolute Gasteiger partial charge is 0.486 e. The Morgan fingerprint density at radius 3 is 2.74 bits per heavy atom. The summed E-state index contributed by atoms with van der Waals surface area (Å²) in [5.41, 5.74) is 3.17. The Hall–Kier alpha value is -3.02. The first-order valence-corrected chi connectivity index (χ1v) is 9.32. The second kappa shape index (κ2) is 6.61. The van der Waals surface area contributed by atoms with Crippen molar-refractivity contribution in [1.82, 2.24) is 9.78 Å². The Morgan fingerprint density at radius 1 is 1.00 bits per heavy atom. The summed E-state index contributed by atoms with van der Waals surface area (Å²) < 4.78 is 27.7. The summed E-state index contributed by atoms with van der Waals surface area (Å²) in [6.45, 7) is 1.97. The summed E-state index contributed by atoms with van der Waals surface area (Å²) >= 11 is 0. The van der Waals surface area contributed by atoms with E-state index >= 15 is 0 Å². The zero-order valence-electron chi connectivity index (χ0n) is 14.9. The van der Waals surface area contributed by atoms with E-state index in [9.17, 15) is 4.39 Å². The van der Waals surface area contributed by atoms with Crippen LogP contribution in [0.15, 0.2) is 42.5 Å². The first-order valence-electron chi connectivity index (χ1n) is 9.32. The minimum atomic E-state index is -0.253. The fraction of sp³-hybridized carbons (Fsp3) is 0.286. The van der Waals surface area contributed by atoms with E-state index in [-0.39, 0.29) is 5.82 Å². The van der Waals surface area contributed by atoms with Crippen LogP contribution in [-0.2, 0) is 6.42 Å². The number of hydrogen-bond acceptors (Lipinski definition) is 4. The van der Waals surface area contributed by atoms with Gasteiger partial charge in [-0.05, 0) is 43.5 Å². The quantitative estimate of drug-likeness (QED) is 0.740. The number of anilines is 1. The smallest absolute Gasteiger partial charge is 0.163 e. The summed E-state index contributed by atoms with van der Waals surface area (Å²) in [5.74, 6) is 2.13. The molecule has 2 aliphatic rings. The summed E-state index contributed by atoms with van der Waals surface area (Å²) in [4.78, 5) is 0. The molecule has 27 heavy (non-hydrogen) atoms. The Labute approximate surface area is 156 Å². The number of nitrogens with one attached hydrogen (secondary N) is 1. The maximum absolute atomic E-state index is 14.5. The first-order chi connectivity index (χ1) is 13.3. The van der Waals surface area contributed by atoms with E-state index in [1.165, 1.54) is 6.07 Å². The van der Waals surface area contributed by atoms with Crippen molar-refractivity contribution in [3.05, 3.63) is 53.8 Å². The molecule has 6 heteroatoms. The van der Waals surface area contributed by atoms with Crippen molar-refractivity contribution in [3.63, 3.8) is 0 Å². The number of fused-ring (bicyclic) bond motifs is 2. The lowest BCUT2D eigenvalue weighted by Gasteiger charge is -2.19. The van der Waals surface area contributed by atoms with Gasteiger partial charge in [0.2, 0.25) is 0 Å². The predicted octanol–water partition coefficient (Wildman–Crippen LogP) is 4.20. The van der Waals surface area contributed by atoms with Gasteiger partial charge in [-0.3, -0.25) is 0 Å². The minimum absolute atomic E-state index is 0.253. The second-order valence-electron chi connectivity index (χ2n) is 6.78. The van der Waals surface area contributed by atoms with E-state index in [2.05, 4.69) is 5.32 Å². The van der Waals surface area contributed by atoms with Gasteiger partial charge in [-0.15, -0.1) is 0 Å². The van der Waals surface area contributed by atoms with Crippen LogP contribution < -0.4 is 14.8 Å². The molecule has 0 saturated carbocycles. The van der Waals surface area contributed by atoms with Gasteiger partial charge in [0.1, 0.15) is 30.5 Å². The van der Waals surface area contributed by atoms with Crippen LogP contribution in [0.5, 0.6) is 11.5 Å². The standard InChI is InChI=1S/C21H20FN3O2/c22-17-7-2-1-5-15(17)20-16-6-3-4-10-23-21(16)25(24-20)14-8-9-18-19(13-14)27-12-11-26-18/h1-2,5,7-9,13,23H,3-4,6,10-12H2. The molecular formula is C21H20FN3O2. The van der Waals surface area contributed by atoms with E-state index in [4.69, 9.17) is 14.6 Å². The summed E-state index contributed by atoms with van der Waals surface area (Å²) in [6, 6.07) is 12.6. The number of nitrogens with zero attached hydrogens (tertiary/aromatic N) is 2. The van der Waals surface area contributed by atoms with Crippen molar-refractivity contribution in [2.45, 2.75) is 19.3 Å². The fourth-order valence-corrected chi connectivity index (χ4v) is 3.72. The Bertz CT molecular complexity index is 999. The van der Waals surface area contributed by atoms with Crippen molar-refractivity contribution in [1.29, 1.82) is 0 Å². The lowest BCUT2D eigenvalue weighted by molar-refractivity contribution is 0.171. The monoisotopic (exact) mass is 365 g/mol. The molecular weight excluding hydrogens is 345 g/mol. The van der Waals surface area contributed by atoms with Crippen molar-refractivity contribution >= 4 is 5.82 Å². The van der Waals surface area contributed by atoms with Crippen LogP contribution in [0.1, 0.15) is 18.4 Å². The Balaban J connectivity index is 1.68. The molecule has 1 N–H and O–H groups in total. The van der Waals surface area contributed by atoms with E-state index in [1.54, 1.807) is 12.1 Å². The van der Waals surface area contributed by atoms with Crippen molar-refractivity contribution in [2.24, 2.45) is 0 Å². The molecule has 3 heterocycles. The van der Waals surface area contributed by atoms with Gasteiger partial charge in [0.25, 0.3) is 0 Å². The highest BCUT2D eigenvalue weighted by atomic mass is 19.1. The number of hydrogen-bond donors (Lipinski definition) is 1. The molecule has 0 spiro atoms. The van der Waals surface area contributed by atoms with Crippen molar-refractivity contribution in [3.8, 4) is 28.4 Å². The minimum Gasteiger partial charge on any atom is -0.486 e. The molecule has 5 nitrogen and oxygen atoms in total. The predicted molar refractivity (Wildman–Crippen MR) is 101 cm³/mol. The van der Waals surface area contributed by atoms with E-state index in [0.717, 1.165) is 48.6 Å². The number of rotatable bonds is 2. The van der Waals surface area contributed by atoms with Gasteiger partial charge < -0.3 is 14.8 Å². The van der Waals surface area contributed by atoms with E-state index in [0.29, 0.717) is 30.2 Å². The van der Waals surface area contributed by atoms with Crippen LogP contribution in [0.4, 0.5) is 10.2 Å². The third-order valence-corrected chi connectivity index (χ3v) is 5.03. The topological polar surface area (TPSA) is 48.3 Å². The SMILES string of the molecule is Fc1ccccc1-c1nn(-c2ccc3c(c2)OCCO3)c2c1CCCCN2. The van der Waals surface area contributed by atoms with Crippen LogP contribution in [0.2, 0.25) is 0 Å². The molecule has 0 aliphatic carbocycles. The lowest BCUT2D eigenvalue weighted by Crippen LogP contribution is -2.15. The van der Waals surface area contributed by atoms with Crippen LogP contribution in [0.25, 0.3) is 16.9 Å². The average Bonchev–Trinajstić information content (AvgIpc) is 2.89. The van der Waals surface area contributed by atoms with Crippen LogP contribution in [0.3, 0.4) is 0 Å². The normalized spacial score (nSPS) is 15.6. The highest BCUT2D eigenvalue weighted by Gasteiger charge is 2.24. The summed E-state index contributed by atoms with van der Waals surface area (Å²) in [6.07, 6.45) is 3.00. The molecule has 3 aromatic rings. The molecule has 0 saturated heterocycles. The first kappa shape index (κ1) is 16.2. The van der Waals surface area contributed by atoms with Crippen LogP contribution in [-0.4, -0.2) is 29.5 Å². The molecule has 0 radical (unpaired) electrons. The van der Waals surface area contributed by atoms with Crippen molar-refractivity contribution < 1.29 is 13.9 Å². The van der Waals surface area contributed by atoms with E-state index in [1.807, 2.05) is 28.9 Å². The van der Waals surface area contributed by atoms with Gasteiger partial charge >= 0.3 is 0 Å². The fourth-order valence-electron chi connectivity index (χ4n) is 3.72. The molecule has 5 rings (SSSR count). The third kappa shape index (κ3) is 2.81.